The van der Waals surface area contributed by atoms with E-state index in [1.54, 1.807) is 24.3 Å². The van der Waals surface area contributed by atoms with Gasteiger partial charge in [-0.05, 0) is 24.3 Å². The summed E-state index contributed by atoms with van der Waals surface area (Å²) in [6.45, 7) is 0. The second-order valence-corrected chi connectivity index (χ2v) is 4.71. The molecule has 0 aliphatic rings. The Balaban J connectivity index is 2.97. The maximum atomic E-state index is 5.80. The minimum Gasteiger partial charge on any atom is -0.481 e. The van der Waals surface area contributed by atoms with Crippen LogP contribution in [0.3, 0.4) is 0 Å². The van der Waals surface area contributed by atoms with Crippen molar-refractivity contribution in [1.82, 2.24) is 0 Å². The van der Waals surface area contributed by atoms with E-state index in [-0.39, 0.29) is 0 Å². The van der Waals surface area contributed by atoms with Crippen LogP contribution in [0.1, 0.15) is 5.56 Å². The van der Waals surface area contributed by atoms with Gasteiger partial charge in [-0.1, -0.05) is 11.6 Å². The number of benzene rings is 1. The molecule has 6 heteroatoms. The summed E-state index contributed by atoms with van der Waals surface area (Å²) >= 11 is 17.2. The Bertz CT molecular complexity index is 379. The molecule has 0 saturated carbocycles. The van der Waals surface area contributed by atoms with Crippen LogP contribution in [0.2, 0.25) is 5.02 Å². The molecular weight excluding hydrogens is 284 g/mol. The fourth-order valence-electron chi connectivity index (χ4n) is 1.17. The van der Waals surface area contributed by atoms with Gasteiger partial charge in [0.2, 0.25) is 5.90 Å². The largest absolute Gasteiger partial charge is 0.481 e. The van der Waals surface area contributed by atoms with E-state index in [1.165, 1.54) is 14.2 Å². The quantitative estimate of drug-likeness (QED) is 0.483. The maximum absolute atomic E-state index is 5.80. The lowest BCUT2D eigenvalue weighted by Crippen LogP contribution is -2.19. The Labute approximate surface area is 115 Å². The maximum Gasteiger partial charge on any atom is 0.218 e. The normalized spacial score (nSPS) is 13.9. The van der Waals surface area contributed by atoms with E-state index in [1.807, 2.05) is 0 Å². The molecule has 1 rings (SSSR count). The molecule has 0 aromatic heterocycles. The minimum atomic E-state index is -0.766. The van der Waals surface area contributed by atoms with Gasteiger partial charge in [0, 0.05) is 17.7 Å². The lowest BCUT2D eigenvalue weighted by Gasteiger charge is -2.13. The summed E-state index contributed by atoms with van der Waals surface area (Å²) in [4.78, 5) is 3.41. The summed E-state index contributed by atoms with van der Waals surface area (Å²) in [6.07, 6.45) is -0.677. The zero-order chi connectivity index (χ0) is 12.8. The molecule has 0 N–H and O–H groups in total. The molecule has 94 valence electrons. The smallest absolute Gasteiger partial charge is 0.218 e. The molecule has 0 aliphatic carbocycles. The molecule has 1 aromatic carbocycles. The Morgan fingerprint density at radius 3 is 2.18 bits per heavy atom. The highest BCUT2D eigenvalue weighted by atomic mass is 35.5. The first-order valence-corrected chi connectivity index (χ1v) is 6.02. The second kappa shape index (κ2) is 7.07. The van der Waals surface area contributed by atoms with Gasteiger partial charge in [0.1, 0.15) is 0 Å². The van der Waals surface area contributed by atoms with Crippen LogP contribution in [0.5, 0.6) is 0 Å². The summed E-state index contributed by atoms with van der Waals surface area (Å²) in [6, 6.07) is 7.06. The van der Waals surface area contributed by atoms with Crippen molar-refractivity contribution < 1.29 is 9.47 Å². The van der Waals surface area contributed by atoms with E-state index in [0.29, 0.717) is 10.9 Å². The van der Waals surface area contributed by atoms with Crippen LogP contribution in [0.4, 0.5) is 0 Å². The van der Waals surface area contributed by atoms with Crippen molar-refractivity contribution in [1.29, 1.82) is 0 Å². The number of aliphatic imine (C=N–C) groups is 1. The van der Waals surface area contributed by atoms with Gasteiger partial charge < -0.3 is 9.47 Å². The number of ether oxygens (including phenoxy) is 2. The van der Waals surface area contributed by atoms with E-state index in [9.17, 15) is 0 Å². The summed E-state index contributed by atoms with van der Waals surface area (Å²) < 4.78 is 10.2. The van der Waals surface area contributed by atoms with Crippen LogP contribution in [0.15, 0.2) is 29.3 Å². The van der Waals surface area contributed by atoms with Crippen molar-refractivity contribution >= 4 is 40.7 Å². The summed E-state index contributed by atoms with van der Waals surface area (Å²) in [7, 11) is 2.98. The molecule has 0 aliphatic heterocycles. The third-order valence-electron chi connectivity index (χ3n) is 1.99. The number of methoxy groups -OCH3 is 2. The van der Waals surface area contributed by atoms with Crippen molar-refractivity contribution in [2.75, 3.05) is 14.2 Å². The van der Waals surface area contributed by atoms with Crippen molar-refractivity contribution in [3.63, 3.8) is 0 Å². The van der Waals surface area contributed by atoms with Crippen LogP contribution in [0.25, 0.3) is 0 Å². The molecule has 3 nitrogen and oxygen atoms in total. The second-order valence-electron chi connectivity index (χ2n) is 3.11. The topological polar surface area (TPSA) is 30.8 Å². The average Bonchev–Trinajstić information content (AvgIpc) is 2.32. The van der Waals surface area contributed by atoms with E-state index < -0.39 is 11.1 Å². The van der Waals surface area contributed by atoms with Crippen molar-refractivity contribution in [3.05, 3.63) is 34.9 Å². The van der Waals surface area contributed by atoms with E-state index in [4.69, 9.17) is 44.3 Å². The molecule has 0 spiro atoms. The lowest BCUT2D eigenvalue weighted by molar-refractivity contribution is 0.119. The molecule has 17 heavy (non-hydrogen) atoms. The number of nitrogens with zero attached hydrogens (tertiary/aromatic N) is 1. The van der Waals surface area contributed by atoms with Gasteiger partial charge in [-0.2, -0.15) is 0 Å². The summed E-state index contributed by atoms with van der Waals surface area (Å²) in [5.74, 6) is 0.389. The predicted octanol–water partition coefficient (Wildman–Crippen LogP) is 3.51. The molecular formula is C11H12Cl3NO2. The minimum absolute atomic E-state index is 0.389. The monoisotopic (exact) mass is 295 g/mol. The average molecular weight is 297 g/mol. The fourth-order valence-corrected chi connectivity index (χ4v) is 1.61. The first-order valence-electron chi connectivity index (χ1n) is 4.77. The van der Waals surface area contributed by atoms with Crippen molar-refractivity contribution in [2.24, 2.45) is 4.99 Å². The Morgan fingerprint density at radius 2 is 1.76 bits per heavy atom. The molecule has 0 saturated heterocycles. The van der Waals surface area contributed by atoms with Gasteiger partial charge in [-0.25, -0.2) is 4.99 Å². The molecule has 1 aromatic rings. The Kier molecular flexibility index (Phi) is 6.06. The molecule has 0 heterocycles. The highest BCUT2D eigenvalue weighted by Crippen LogP contribution is 2.15. The van der Waals surface area contributed by atoms with Gasteiger partial charge in [0.15, 0.2) is 11.1 Å². The standard InChI is InChI=1S/C11H12Cl3NO2/c1-16-10(15-11(17-2)9(13)14)7-3-5-8(12)6-4-7/h3-6,9,11H,1-2H3/b15-10+. The van der Waals surface area contributed by atoms with Crippen LogP contribution < -0.4 is 0 Å². The number of hydrogen-bond acceptors (Lipinski definition) is 3. The zero-order valence-electron chi connectivity index (χ0n) is 9.36. The third kappa shape index (κ3) is 4.36. The van der Waals surface area contributed by atoms with Gasteiger partial charge in [-0.15, -0.1) is 23.2 Å². The van der Waals surface area contributed by atoms with Crippen molar-refractivity contribution in [2.45, 2.75) is 11.1 Å². The highest BCUT2D eigenvalue weighted by molar-refractivity contribution is 6.44. The highest BCUT2D eigenvalue weighted by Gasteiger charge is 2.16. The first-order chi connectivity index (χ1) is 8.08. The van der Waals surface area contributed by atoms with Crippen LogP contribution in [0, 0.1) is 0 Å². The van der Waals surface area contributed by atoms with E-state index in [0.717, 1.165) is 5.56 Å². The molecule has 0 bridgehead atoms. The van der Waals surface area contributed by atoms with Crippen molar-refractivity contribution in [3.8, 4) is 0 Å². The molecule has 1 unspecified atom stereocenters. The zero-order valence-corrected chi connectivity index (χ0v) is 11.6. The predicted molar refractivity (Wildman–Crippen MR) is 71.3 cm³/mol. The number of rotatable bonds is 4. The number of alkyl halides is 2. The fraction of sp³-hybridized carbons (Fsp3) is 0.364. The number of hydrogen-bond donors (Lipinski definition) is 0. The SMILES string of the molecule is CO/C(=N/C(OC)C(Cl)Cl)c1ccc(Cl)cc1. The first kappa shape index (κ1) is 14.6. The van der Waals surface area contributed by atoms with Crippen LogP contribution in [-0.2, 0) is 9.47 Å². The van der Waals surface area contributed by atoms with E-state index in [2.05, 4.69) is 4.99 Å². The van der Waals surface area contributed by atoms with Gasteiger partial charge >= 0.3 is 0 Å². The van der Waals surface area contributed by atoms with Gasteiger partial charge in [0.25, 0.3) is 0 Å². The Morgan fingerprint density at radius 1 is 1.18 bits per heavy atom. The summed E-state index contributed by atoms with van der Waals surface area (Å²) in [5.41, 5.74) is 0.771. The molecule has 0 radical (unpaired) electrons. The number of halogens is 3. The third-order valence-corrected chi connectivity index (χ3v) is 2.67. The van der Waals surface area contributed by atoms with Crippen LogP contribution in [-0.4, -0.2) is 31.2 Å². The molecule has 0 fully saturated rings. The van der Waals surface area contributed by atoms with Gasteiger partial charge in [-0.3, -0.25) is 0 Å². The summed E-state index contributed by atoms with van der Waals surface area (Å²) in [5, 5.41) is 0.639. The van der Waals surface area contributed by atoms with Gasteiger partial charge in [0.05, 0.1) is 7.11 Å². The Hall–Kier alpha value is -0.480. The molecule has 0 amide bonds. The lowest BCUT2D eigenvalue weighted by atomic mass is 10.2. The van der Waals surface area contributed by atoms with E-state index >= 15 is 0 Å². The van der Waals surface area contributed by atoms with Crippen LogP contribution >= 0.6 is 34.8 Å². The molecule has 1 atom stereocenters.